The minimum Gasteiger partial charge on any atom is -0.343 e. The molecule has 1 aliphatic carbocycles. The van der Waals surface area contributed by atoms with Crippen LogP contribution >= 0.6 is 11.3 Å². The summed E-state index contributed by atoms with van der Waals surface area (Å²) in [5.74, 6) is 0.293. The molecule has 1 fully saturated rings. The SMILES string of the molecule is CC1CN(C)CCN1c1nc2c(s1)C(=O)CCC2. The monoisotopic (exact) mass is 265 g/mol. The number of anilines is 1. The van der Waals surface area contributed by atoms with E-state index in [-0.39, 0.29) is 0 Å². The average Bonchev–Trinajstić information content (AvgIpc) is 2.74. The van der Waals surface area contributed by atoms with Crippen LogP contribution in [0, 0.1) is 0 Å². The number of aromatic nitrogens is 1. The van der Waals surface area contributed by atoms with Gasteiger partial charge in [0.05, 0.1) is 10.6 Å². The van der Waals surface area contributed by atoms with Crippen molar-refractivity contribution in [2.45, 2.75) is 32.2 Å². The van der Waals surface area contributed by atoms with Crippen LogP contribution in [0.1, 0.15) is 35.1 Å². The van der Waals surface area contributed by atoms with Crippen LogP contribution in [0.5, 0.6) is 0 Å². The Morgan fingerprint density at radius 3 is 2.89 bits per heavy atom. The third-order valence-electron chi connectivity index (χ3n) is 3.83. The molecule has 0 aromatic carbocycles. The van der Waals surface area contributed by atoms with E-state index in [0.29, 0.717) is 18.2 Å². The molecule has 3 rings (SSSR count). The molecule has 1 aromatic heterocycles. The van der Waals surface area contributed by atoms with Gasteiger partial charge in [-0.1, -0.05) is 11.3 Å². The first-order valence-electron chi connectivity index (χ1n) is 6.63. The molecule has 0 bridgehead atoms. The van der Waals surface area contributed by atoms with E-state index in [1.807, 2.05) is 0 Å². The number of piperazine rings is 1. The maximum Gasteiger partial charge on any atom is 0.186 e. The molecule has 0 radical (unpaired) electrons. The lowest BCUT2D eigenvalue weighted by atomic mass is 10.0. The van der Waals surface area contributed by atoms with Crippen LogP contribution in [0.2, 0.25) is 0 Å². The van der Waals surface area contributed by atoms with Crippen molar-refractivity contribution in [3.8, 4) is 0 Å². The fourth-order valence-electron chi connectivity index (χ4n) is 2.80. The van der Waals surface area contributed by atoms with Crippen LogP contribution in [0.15, 0.2) is 0 Å². The Hall–Kier alpha value is -0.940. The highest BCUT2D eigenvalue weighted by Gasteiger charge is 2.28. The number of rotatable bonds is 1. The van der Waals surface area contributed by atoms with Crippen molar-refractivity contribution in [1.82, 2.24) is 9.88 Å². The number of ketones is 1. The van der Waals surface area contributed by atoms with Crippen molar-refractivity contribution in [3.63, 3.8) is 0 Å². The molecule has 0 spiro atoms. The fourth-order valence-corrected chi connectivity index (χ4v) is 4.01. The normalized spacial score (nSPS) is 25.3. The summed E-state index contributed by atoms with van der Waals surface area (Å²) in [6.45, 7) is 5.39. The fraction of sp³-hybridized carbons (Fsp3) is 0.692. The van der Waals surface area contributed by atoms with Gasteiger partial charge in [0.15, 0.2) is 10.9 Å². The van der Waals surface area contributed by atoms with Crippen LogP contribution in [0.3, 0.4) is 0 Å². The lowest BCUT2D eigenvalue weighted by Crippen LogP contribution is -2.50. The Morgan fingerprint density at radius 1 is 1.33 bits per heavy atom. The number of Topliss-reactive ketones (excluding diaryl/α,β-unsaturated/α-hetero) is 1. The molecule has 1 aromatic rings. The van der Waals surface area contributed by atoms with E-state index in [9.17, 15) is 4.79 Å². The smallest absolute Gasteiger partial charge is 0.186 e. The number of hydrogen-bond acceptors (Lipinski definition) is 5. The molecule has 2 aliphatic rings. The maximum atomic E-state index is 11.9. The van der Waals surface area contributed by atoms with E-state index in [1.165, 1.54) is 0 Å². The third-order valence-corrected chi connectivity index (χ3v) is 5.01. The summed E-state index contributed by atoms with van der Waals surface area (Å²) in [7, 11) is 2.16. The van der Waals surface area contributed by atoms with Crippen molar-refractivity contribution in [3.05, 3.63) is 10.6 Å². The summed E-state index contributed by atoms with van der Waals surface area (Å²) in [5, 5.41) is 1.05. The Balaban J connectivity index is 1.86. The summed E-state index contributed by atoms with van der Waals surface area (Å²) >= 11 is 1.60. The Labute approximate surface area is 112 Å². The lowest BCUT2D eigenvalue weighted by Gasteiger charge is -2.38. The molecule has 98 valence electrons. The maximum absolute atomic E-state index is 11.9. The Kier molecular flexibility index (Phi) is 3.11. The van der Waals surface area contributed by atoms with E-state index in [2.05, 4.69) is 23.8 Å². The van der Waals surface area contributed by atoms with Gasteiger partial charge in [0.25, 0.3) is 0 Å². The molecule has 0 N–H and O–H groups in total. The number of nitrogens with zero attached hydrogens (tertiary/aromatic N) is 3. The first-order valence-corrected chi connectivity index (χ1v) is 7.45. The van der Waals surface area contributed by atoms with Crippen LogP contribution in [-0.2, 0) is 6.42 Å². The van der Waals surface area contributed by atoms with E-state index < -0.39 is 0 Å². The van der Waals surface area contributed by atoms with Crippen LogP contribution in [0.4, 0.5) is 5.13 Å². The van der Waals surface area contributed by atoms with Gasteiger partial charge in [-0.2, -0.15) is 0 Å². The van der Waals surface area contributed by atoms with E-state index in [0.717, 1.165) is 48.2 Å². The second kappa shape index (κ2) is 4.63. The molecule has 1 atom stereocenters. The van der Waals surface area contributed by atoms with Gasteiger partial charge < -0.3 is 9.80 Å². The molecule has 2 heterocycles. The summed E-state index contributed by atoms with van der Waals surface area (Å²) < 4.78 is 0. The van der Waals surface area contributed by atoms with Gasteiger partial charge in [-0.05, 0) is 26.8 Å². The van der Waals surface area contributed by atoms with Crippen LogP contribution in [-0.4, -0.2) is 48.4 Å². The molecular weight excluding hydrogens is 246 g/mol. The first-order chi connectivity index (χ1) is 8.65. The van der Waals surface area contributed by atoms with E-state index in [1.54, 1.807) is 11.3 Å². The second-order valence-electron chi connectivity index (χ2n) is 5.35. The predicted molar refractivity (Wildman–Crippen MR) is 73.7 cm³/mol. The zero-order valence-electron chi connectivity index (χ0n) is 11.0. The molecule has 1 aliphatic heterocycles. The molecule has 0 saturated carbocycles. The summed E-state index contributed by atoms with van der Waals surface area (Å²) in [5.41, 5.74) is 1.04. The van der Waals surface area contributed by atoms with Gasteiger partial charge in [0, 0.05) is 32.1 Å². The number of carbonyl (C=O) groups is 1. The number of hydrogen-bond donors (Lipinski definition) is 0. The Morgan fingerprint density at radius 2 is 2.17 bits per heavy atom. The zero-order valence-corrected chi connectivity index (χ0v) is 11.8. The standard InChI is InChI=1S/C13H19N3OS/c1-9-8-15(2)6-7-16(9)13-14-10-4-3-5-11(17)12(10)18-13/h9H,3-8H2,1-2H3. The predicted octanol–water partition coefficient (Wildman–Crippen LogP) is 1.80. The molecule has 5 heteroatoms. The molecular formula is C13H19N3OS. The molecule has 1 saturated heterocycles. The summed E-state index contributed by atoms with van der Waals surface area (Å²) in [4.78, 5) is 22.2. The number of carbonyl (C=O) groups excluding carboxylic acids is 1. The van der Waals surface area contributed by atoms with E-state index >= 15 is 0 Å². The largest absolute Gasteiger partial charge is 0.343 e. The van der Waals surface area contributed by atoms with Gasteiger partial charge >= 0.3 is 0 Å². The van der Waals surface area contributed by atoms with E-state index in [4.69, 9.17) is 4.98 Å². The summed E-state index contributed by atoms with van der Waals surface area (Å²) in [6, 6.07) is 0.478. The van der Waals surface area contributed by atoms with Crippen LogP contribution < -0.4 is 4.90 Å². The highest BCUT2D eigenvalue weighted by molar-refractivity contribution is 7.17. The lowest BCUT2D eigenvalue weighted by molar-refractivity contribution is 0.0976. The first kappa shape index (κ1) is 12.1. The van der Waals surface area contributed by atoms with Crippen molar-refractivity contribution >= 4 is 22.3 Å². The highest BCUT2D eigenvalue weighted by atomic mass is 32.1. The Bertz CT molecular complexity index is 471. The average molecular weight is 265 g/mol. The molecule has 4 nitrogen and oxygen atoms in total. The number of aryl methyl sites for hydroxylation is 1. The van der Waals surface area contributed by atoms with Gasteiger partial charge in [-0.25, -0.2) is 4.98 Å². The second-order valence-corrected chi connectivity index (χ2v) is 6.33. The van der Waals surface area contributed by atoms with Crippen molar-refractivity contribution in [2.24, 2.45) is 0 Å². The highest BCUT2D eigenvalue weighted by Crippen LogP contribution is 2.33. The minimum atomic E-state index is 0.293. The molecule has 1 unspecified atom stereocenters. The van der Waals surface area contributed by atoms with Crippen LogP contribution in [0.25, 0.3) is 0 Å². The minimum absolute atomic E-state index is 0.293. The quantitative estimate of drug-likeness (QED) is 0.776. The molecule has 0 amide bonds. The zero-order chi connectivity index (χ0) is 12.7. The van der Waals surface area contributed by atoms with Crippen molar-refractivity contribution in [2.75, 3.05) is 31.6 Å². The van der Waals surface area contributed by atoms with Gasteiger partial charge in [0.2, 0.25) is 0 Å². The topological polar surface area (TPSA) is 36.4 Å². The molecule has 18 heavy (non-hydrogen) atoms. The van der Waals surface area contributed by atoms with Gasteiger partial charge in [-0.15, -0.1) is 0 Å². The van der Waals surface area contributed by atoms with Gasteiger partial charge in [-0.3, -0.25) is 4.79 Å². The van der Waals surface area contributed by atoms with Crippen molar-refractivity contribution < 1.29 is 4.79 Å². The van der Waals surface area contributed by atoms with Crippen molar-refractivity contribution in [1.29, 1.82) is 0 Å². The third kappa shape index (κ3) is 2.06. The summed E-state index contributed by atoms with van der Waals surface area (Å²) in [6.07, 6.45) is 2.64. The van der Waals surface area contributed by atoms with Gasteiger partial charge in [0.1, 0.15) is 0 Å². The number of thiazole rings is 1. The number of fused-ring (bicyclic) bond motifs is 1. The number of likely N-dealkylation sites (N-methyl/N-ethyl adjacent to an activating group) is 1.